The molecule has 0 aliphatic carbocycles. The van der Waals surface area contributed by atoms with Gasteiger partial charge >= 0.3 is 0 Å². The van der Waals surface area contributed by atoms with Crippen LogP contribution in [0, 0.1) is 0 Å². The minimum atomic E-state index is 0.0707. The minimum absolute atomic E-state index is 0.0707. The predicted octanol–water partition coefficient (Wildman–Crippen LogP) is 4.12. The molecular weight excluding hydrogens is 212 g/mol. The topological polar surface area (TPSA) is 18.5 Å². The van der Waals surface area contributed by atoms with Gasteiger partial charge in [0.1, 0.15) is 11.5 Å². The van der Waals surface area contributed by atoms with Crippen LogP contribution in [0.2, 0.25) is 0 Å². The van der Waals surface area contributed by atoms with Crippen molar-refractivity contribution in [1.82, 2.24) is 0 Å². The minimum Gasteiger partial charge on any atom is -0.496 e. The molecule has 1 aromatic rings. The van der Waals surface area contributed by atoms with Crippen LogP contribution in [0.1, 0.15) is 51.7 Å². The highest BCUT2D eigenvalue weighted by molar-refractivity contribution is 5.50. The maximum Gasteiger partial charge on any atom is 0.126 e. The monoisotopic (exact) mass is 236 g/mol. The third-order valence-corrected chi connectivity index (χ3v) is 2.98. The third kappa shape index (κ3) is 2.93. The van der Waals surface area contributed by atoms with Crippen LogP contribution in [-0.2, 0) is 5.41 Å². The molecule has 0 aliphatic heterocycles. The van der Waals surface area contributed by atoms with E-state index < -0.39 is 0 Å². The van der Waals surface area contributed by atoms with Crippen LogP contribution >= 0.6 is 0 Å². The molecule has 0 heterocycles. The van der Waals surface area contributed by atoms with E-state index in [1.165, 1.54) is 11.1 Å². The largest absolute Gasteiger partial charge is 0.496 e. The molecule has 0 fully saturated rings. The van der Waals surface area contributed by atoms with Gasteiger partial charge < -0.3 is 9.47 Å². The summed E-state index contributed by atoms with van der Waals surface area (Å²) in [5.41, 5.74) is 2.53. The van der Waals surface area contributed by atoms with Crippen LogP contribution < -0.4 is 9.47 Å². The van der Waals surface area contributed by atoms with E-state index in [1.54, 1.807) is 14.2 Å². The number of hydrogen-bond acceptors (Lipinski definition) is 2. The zero-order chi connectivity index (χ0) is 13.2. The molecule has 96 valence electrons. The van der Waals surface area contributed by atoms with E-state index in [4.69, 9.17) is 9.47 Å². The van der Waals surface area contributed by atoms with Crippen molar-refractivity contribution in [3.63, 3.8) is 0 Å². The van der Waals surface area contributed by atoms with Crippen LogP contribution in [0.5, 0.6) is 11.5 Å². The molecule has 0 atom stereocenters. The van der Waals surface area contributed by atoms with Gasteiger partial charge in [-0.1, -0.05) is 34.6 Å². The van der Waals surface area contributed by atoms with Crippen molar-refractivity contribution in [3.8, 4) is 11.5 Å². The fourth-order valence-electron chi connectivity index (χ4n) is 1.96. The molecule has 0 N–H and O–H groups in total. The molecule has 1 rings (SSSR count). The first kappa shape index (κ1) is 13.9. The molecule has 0 saturated carbocycles. The van der Waals surface area contributed by atoms with Gasteiger partial charge in [-0.25, -0.2) is 0 Å². The third-order valence-electron chi connectivity index (χ3n) is 2.98. The van der Waals surface area contributed by atoms with Gasteiger partial charge in [0.15, 0.2) is 0 Å². The molecular formula is C15H24O2. The SMILES string of the molecule is COc1cc(OC)c(C(C)(C)C)cc1C(C)C. The smallest absolute Gasteiger partial charge is 0.126 e. The zero-order valence-electron chi connectivity index (χ0n) is 12.0. The summed E-state index contributed by atoms with van der Waals surface area (Å²) in [5, 5.41) is 0. The fraction of sp³-hybridized carbons (Fsp3) is 0.600. The first-order valence-electron chi connectivity index (χ1n) is 6.07. The first-order chi connectivity index (χ1) is 7.81. The highest BCUT2D eigenvalue weighted by atomic mass is 16.5. The van der Waals surface area contributed by atoms with E-state index in [1.807, 2.05) is 6.07 Å². The van der Waals surface area contributed by atoms with E-state index in [0.717, 1.165) is 11.5 Å². The predicted molar refractivity (Wildman–Crippen MR) is 72.3 cm³/mol. The van der Waals surface area contributed by atoms with Crippen molar-refractivity contribution < 1.29 is 9.47 Å². The zero-order valence-corrected chi connectivity index (χ0v) is 12.0. The maximum atomic E-state index is 5.47. The maximum absolute atomic E-state index is 5.47. The highest BCUT2D eigenvalue weighted by Gasteiger charge is 2.22. The number of hydrogen-bond donors (Lipinski definition) is 0. The van der Waals surface area contributed by atoms with Crippen LogP contribution in [0.25, 0.3) is 0 Å². The van der Waals surface area contributed by atoms with Gasteiger partial charge in [0, 0.05) is 11.6 Å². The van der Waals surface area contributed by atoms with Gasteiger partial charge in [0.05, 0.1) is 14.2 Å². The second kappa shape index (κ2) is 4.99. The number of rotatable bonds is 3. The summed E-state index contributed by atoms with van der Waals surface area (Å²) in [5.74, 6) is 2.25. The number of ether oxygens (including phenoxy) is 2. The van der Waals surface area contributed by atoms with Gasteiger partial charge in [-0.2, -0.15) is 0 Å². The summed E-state index contributed by atoms with van der Waals surface area (Å²) in [6.07, 6.45) is 0. The fourth-order valence-corrected chi connectivity index (χ4v) is 1.96. The van der Waals surface area contributed by atoms with Gasteiger partial charge in [-0.15, -0.1) is 0 Å². The normalized spacial score (nSPS) is 11.8. The number of benzene rings is 1. The molecule has 0 bridgehead atoms. The van der Waals surface area contributed by atoms with Crippen molar-refractivity contribution in [2.75, 3.05) is 14.2 Å². The van der Waals surface area contributed by atoms with Crippen molar-refractivity contribution in [2.24, 2.45) is 0 Å². The summed E-state index contributed by atoms with van der Waals surface area (Å²) < 4.78 is 10.9. The summed E-state index contributed by atoms with van der Waals surface area (Å²) in [6.45, 7) is 10.9. The molecule has 0 unspecified atom stereocenters. The Morgan fingerprint density at radius 2 is 1.47 bits per heavy atom. The van der Waals surface area contributed by atoms with Gasteiger partial charge in [0.25, 0.3) is 0 Å². The quantitative estimate of drug-likeness (QED) is 0.785. The van der Waals surface area contributed by atoms with Crippen molar-refractivity contribution in [1.29, 1.82) is 0 Å². The summed E-state index contributed by atoms with van der Waals surface area (Å²) in [4.78, 5) is 0. The van der Waals surface area contributed by atoms with Crippen LogP contribution in [0.3, 0.4) is 0 Å². The van der Waals surface area contributed by atoms with Gasteiger partial charge in [-0.3, -0.25) is 0 Å². The molecule has 0 amide bonds. The molecule has 2 nitrogen and oxygen atoms in total. The molecule has 0 spiro atoms. The summed E-state index contributed by atoms with van der Waals surface area (Å²) in [7, 11) is 3.41. The summed E-state index contributed by atoms with van der Waals surface area (Å²) >= 11 is 0. The lowest BCUT2D eigenvalue weighted by molar-refractivity contribution is 0.379. The Kier molecular flexibility index (Phi) is 4.07. The summed E-state index contributed by atoms with van der Waals surface area (Å²) in [6, 6.07) is 4.21. The lowest BCUT2D eigenvalue weighted by Gasteiger charge is -2.25. The Morgan fingerprint density at radius 1 is 0.941 bits per heavy atom. The second-order valence-corrected chi connectivity index (χ2v) is 5.70. The molecule has 0 aliphatic rings. The number of methoxy groups -OCH3 is 2. The molecule has 0 aromatic heterocycles. The Labute approximate surface area is 105 Å². The van der Waals surface area contributed by atoms with E-state index in [0.29, 0.717) is 5.92 Å². The second-order valence-electron chi connectivity index (χ2n) is 5.70. The average Bonchev–Trinajstić information content (AvgIpc) is 2.25. The molecule has 2 heteroatoms. The van der Waals surface area contributed by atoms with Crippen LogP contribution in [0.4, 0.5) is 0 Å². The Balaban J connectivity index is 3.45. The Hall–Kier alpha value is -1.18. The average molecular weight is 236 g/mol. The van der Waals surface area contributed by atoms with Crippen molar-refractivity contribution in [2.45, 2.75) is 46.0 Å². The first-order valence-corrected chi connectivity index (χ1v) is 6.07. The highest BCUT2D eigenvalue weighted by Crippen LogP contribution is 2.38. The van der Waals surface area contributed by atoms with Crippen LogP contribution in [-0.4, -0.2) is 14.2 Å². The lowest BCUT2D eigenvalue weighted by Crippen LogP contribution is -2.14. The van der Waals surface area contributed by atoms with Gasteiger partial charge in [-0.05, 0) is 23.0 Å². The molecule has 0 saturated heterocycles. The molecule has 1 aromatic carbocycles. The standard InChI is InChI=1S/C15H24O2/c1-10(2)11-8-12(15(3,4)5)14(17-7)9-13(11)16-6/h8-10H,1-7H3. The Morgan fingerprint density at radius 3 is 1.82 bits per heavy atom. The van der Waals surface area contributed by atoms with Crippen LogP contribution in [0.15, 0.2) is 12.1 Å². The van der Waals surface area contributed by atoms with Gasteiger partial charge in [0.2, 0.25) is 0 Å². The molecule has 17 heavy (non-hydrogen) atoms. The Bertz CT molecular complexity index is 387. The van der Waals surface area contributed by atoms with E-state index in [9.17, 15) is 0 Å². The van der Waals surface area contributed by atoms with E-state index in [-0.39, 0.29) is 5.41 Å². The van der Waals surface area contributed by atoms with E-state index >= 15 is 0 Å². The van der Waals surface area contributed by atoms with Crippen molar-refractivity contribution in [3.05, 3.63) is 23.3 Å². The lowest BCUT2D eigenvalue weighted by atomic mass is 9.83. The molecule has 0 radical (unpaired) electrons. The van der Waals surface area contributed by atoms with Crippen molar-refractivity contribution >= 4 is 0 Å². The van der Waals surface area contributed by atoms with E-state index in [2.05, 4.69) is 40.7 Å².